The summed E-state index contributed by atoms with van der Waals surface area (Å²) in [6, 6.07) is 8.90. The van der Waals surface area contributed by atoms with Crippen molar-refractivity contribution in [1.29, 1.82) is 0 Å². The Morgan fingerprint density at radius 3 is 2.46 bits per heavy atom. The minimum absolute atomic E-state index is 0.0295. The highest BCUT2D eigenvalue weighted by atomic mass is 19.1. The number of hydrogen-bond donors (Lipinski definition) is 1. The van der Waals surface area contributed by atoms with Crippen LogP contribution >= 0.6 is 0 Å². The van der Waals surface area contributed by atoms with Crippen molar-refractivity contribution in [1.82, 2.24) is 14.8 Å². The summed E-state index contributed by atoms with van der Waals surface area (Å²) in [6.07, 6.45) is -1.34. The van der Waals surface area contributed by atoms with Crippen LogP contribution in [-0.4, -0.2) is 59.9 Å². The molecule has 3 heterocycles. The van der Waals surface area contributed by atoms with Gasteiger partial charge >= 0.3 is 0 Å². The summed E-state index contributed by atoms with van der Waals surface area (Å²) in [5.74, 6) is -2.04. The van der Waals surface area contributed by atoms with E-state index in [0.29, 0.717) is 44.6 Å². The van der Waals surface area contributed by atoms with Crippen molar-refractivity contribution in [3.05, 3.63) is 70.4 Å². The van der Waals surface area contributed by atoms with Crippen molar-refractivity contribution < 1.29 is 22.0 Å². The van der Waals surface area contributed by atoms with Gasteiger partial charge in [-0.25, -0.2) is 17.6 Å². The van der Waals surface area contributed by atoms with Crippen LogP contribution in [0, 0.1) is 17.6 Å². The highest BCUT2D eigenvalue weighted by Gasteiger charge is 2.40. The second kappa shape index (κ2) is 10.7. The van der Waals surface area contributed by atoms with Crippen LogP contribution < -0.4 is 0 Å². The number of fused-ring (bicyclic) bond motifs is 3. The van der Waals surface area contributed by atoms with Crippen LogP contribution in [0.2, 0.25) is 0 Å². The predicted octanol–water partition coefficient (Wildman–Crippen LogP) is 6.83. The third kappa shape index (κ3) is 4.90. The highest BCUT2D eigenvalue weighted by Crippen LogP contribution is 2.44. The van der Waals surface area contributed by atoms with Gasteiger partial charge in [0.05, 0.1) is 12.7 Å². The predicted molar refractivity (Wildman–Crippen MR) is 136 cm³/mol. The number of hydrogen-bond acceptors (Lipinski definition) is 2. The molecular weight excluding hydrogens is 485 g/mol. The molecule has 2 aliphatic heterocycles. The molecule has 3 aromatic rings. The van der Waals surface area contributed by atoms with Crippen LogP contribution in [0.25, 0.3) is 10.9 Å². The number of likely N-dealkylation sites (tertiary alicyclic amines) is 1. The normalized spacial score (nSPS) is 22.7. The average Bonchev–Trinajstić information content (AvgIpc) is 3.22. The highest BCUT2D eigenvalue weighted by molar-refractivity contribution is 5.85. The average molecular weight is 520 g/mol. The topological polar surface area (TPSA) is 22.3 Å². The van der Waals surface area contributed by atoms with E-state index in [9.17, 15) is 8.78 Å². The summed E-state index contributed by atoms with van der Waals surface area (Å²) in [6.45, 7) is 4.75. The minimum atomic E-state index is -1.51. The van der Waals surface area contributed by atoms with Crippen LogP contribution in [0.4, 0.5) is 22.0 Å². The summed E-state index contributed by atoms with van der Waals surface area (Å²) in [5.41, 5.74) is 2.29. The lowest BCUT2D eigenvalue weighted by molar-refractivity contribution is 0.0361. The second-order valence-corrected chi connectivity index (χ2v) is 10.6. The SMILES string of the molecule is CC[C@H](F)CN1[C@H](c2c(F)cc([C@H](F)C3CN(CCCF)C3)cc2F)c2[nH]c3ccccc3c2C[C@H]1C. The molecule has 5 rings (SSSR count). The number of benzene rings is 2. The van der Waals surface area contributed by atoms with Gasteiger partial charge in [-0.3, -0.25) is 9.29 Å². The maximum Gasteiger partial charge on any atom is 0.131 e. The first-order valence-electron chi connectivity index (χ1n) is 13.2. The Labute approximate surface area is 214 Å². The summed E-state index contributed by atoms with van der Waals surface area (Å²) in [5, 5.41) is 0.991. The van der Waals surface area contributed by atoms with Crippen LogP contribution in [0.15, 0.2) is 36.4 Å². The Hall–Kier alpha value is -2.45. The number of halogens is 5. The van der Waals surface area contributed by atoms with Crippen LogP contribution in [-0.2, 0) is 6.42 Å². The fraction of sp³-hybridized carbons (Fsp3) is 0.517. The molecular formula is C29H34F5N3. The molecule has 0 bridgehead atoms. The van der Waals surface area contributed by atoms with Gasteiger partial charge in [0, 0.05) is 60.3 Å². The Balaban J connectivity index is 1.51. The molecule has 0 saturated carbocycles. The summed E-state index contributed by atoms with van der Waals surface area (Å²) in [4.78, 5) is 7.12. The molecule has 1 fully saturated rings. The van der Waals surface area contributed by atoms with Crippen molar-refractivity contribution in [3.63, 3.8) is 0 Å². The van der Waals surface area contributed by atoms with Gasteiger partial charge in [-0.15, -0.1) is 0 Å². The van der Waals surface area contributed by atoms with Crippen LogP contribution in [0.3, 0.4) is 0 Å². The number of aromatic nitrogens is 1. The molecule has 0 unspecified atom stereocenters. The first-order chi connectivity index (χ1) is 17.8. The van der Waals surface area contributed by atoms with Crippen molar-refractivity contribution >= 4 is 10.9 Å². The molecule has 1 N–H and O–H groups in total. The molecule has 200 valence electrons. The third-order valence-electron chi connectivity index (χ3n) is 8.07. The number of para-hydroxylation sites is 1. The van der Waals surface area contributed by atoms with E-state index in [1.165, 1.54) is 0 Å². The van der Waals surface area contributed by atoms with Crippen molar-refractivity contribution in [2.24, 2.45) is 5.92 Å². The van der Waals surface area contributed by atoms with Crippen LogP contribution in [0.5, 0.6) is 0 Å². The van der Waals surface area contributed by atoms with E-state index < -0.39 is 36.7 Å². The Morgan fingerprint density at radius 1 is 1.08 bits per heavy atom. The Kier molecular flexibility index (Phi) is 7.59. The molecule has 8 heteroatoms. The van der Waals surface area contributed by atoms with Crippen molar-refractivity contribution in [2.45, 2.75) is 57.5 Å². The molecule has 0 radical (unpaired) electrons. The summed E-state index contributed by atoms with van der Waals surface area (Å²) >= 11 is 0. The number of aromatic amines is 1. The number of rotatable bonds is 9. The fourth-order valence-electron chi connectivity index (χ4n) is 6.02. The quantitative estimate of drug-likeness (QED) is 0.313. The van der Waals surface area contributed by atoms with Gasteiger partial charge in [0.25, 0.3) is 0 Å². The maximum absolute atomic E-state index is 15.8. The summed E-state index contributed by atoms with van der Waals surface area (Å²) in [7, 11) is 0. The van der Waals surface area contributed by atoms with Gasteiger partial charge in [0.2, 0.25) is 0 Å². The Bertz CT molecular complexity index is 1210. The lowest BCUT2D eigenvalue weighted by Crippen LogP contribution is -2.48. The number of H-pyrrole nitrogens is 1. The monoisotopic (exact) mass is 519 g/mol. The lowest BCUT2D eigenvalue weighted by Gasteiger charge is -2.42. The van der Waals surface area contributed by atoms with E-state index in [1.54, 1.807) is 6.92 Å². The van der Waals surface area contributed by atoms with Gasteiger partial charge < -0.3 is 9.88 Å². The molecule has 1 saturated heterocycles. The Morgan fingerprint density at radius 2 is 1.78 bits per heavy atom. The fourth-order valence-corrected chi connectivity index (χ4v) is 6.02. The zero-order chi connectivity index (χ0) is 26.3. The van der Waals surface area contributed by atoms with E-state index >= 15 is 13.2 Å². The van der Waals surface area contributed by atoms with Gasteiger partial charge in [0.15, 0.2) is 0 Å². The number of nitrogens with one attached hydrogen (secondary N) is 1. The van der Waals surface area contributed by atoms with Crippen molar-refractivity contribution in [2.75, 3.05) is 32.9 Å². The number of nitrogens with zero attached hydrogens (tertiary/aromatic N) is 2. The minimum Gasteiger partial charge on any atom is -0.357 e. The van der Waals surface area contributed by atoms with E-state index in [-0.39, 0.29) is 29.6 Å². The van der Waals surface area contributed by atoms with E-state index in [0.717, 1.165) is 28.6 Å². The van der Waals surface area contributed by atoms with Gasteiger partial charge in [0.1, 0.15) is 24.0 Å². The second-order valence-electron chi connectivity index (χ2n) is 10.6. The largest absolute Gasteiger partial charge is 0.357 e. The van der Waals surface area contributed by atoms with E-state index in [2.05, 4.69) is 4.98 Å². The molecule has 3 nitrogen and oxygen atoms in total. The molecule has 37 heavy (non-hydrogen) atoms. The standard InChI is InChI=1S/C29H34F5N3/c1-3-20(31)16-37-17(2)11-22-21-7-4-5-8-25(21)35-28(22)29(37)26-23(32)12-18(13-24(26)33)27(34)19-14-36(15-19)10-6-9-30/h4-5,7-8,12-13,17,19-20,27,29,35H,3,6,9-11,14-16H2,1-2H3/t17-,20+,27+,29-/m1/s1. The molecule has 1 aromatic heterocycles. The van der Waals surface area contributed by atoms with Gasteiger partial charge in [-0.05, 0) is 55.5 Å². The molecule has 2 aliphatic rings. The lowest BCUT2D eigenvalue weighted by atomic mass is 9.85. The molecule has 0 spiro atoms. The smallest absolute Gasteiger partial charge is 0.131 e. The maximum atomic E-state index is 15.8. The van der Waals surface area contributed by atoms with Crippen LogP contribution in [0.1, 0.15) is 61.3 Å². The molecule has 2 aromatic carbocycles. The summed E-state index contributed by atoms with van der Waals surface area (Å²) < 4.78 is 73.8. The van der Waals surface area contributed by atoms with E-state index in [4.69, 9.17) is 0 Å². The first kappa shape index (κ1) is 26.2. The third-order valence-corrected chi connectivity index (χ3v) is 8.07. The molecule has 4 atom stereocenters. The zero-order valence-electron chi connectivity index (χ0n) is 21.3. The van der Waals surface area contributed by atoms with Crippen molar-refractivity contribution in [3.8, 4) is 0 Å². The molecule has 0 amide bonds. The number of alkyl halides is 3. The van der Waals surface area contributed by atoms with Gasteiger partial charge in [-0.2, -0.15) is 0 Å². The van der Waals surface area contributed by atoms with Gasteiger partial charge in [-0.1, -0.05) is 25.1 Å². The molecule has 0 aliphatic carbocycles. The first-order valence-corrected chi connectivity index (χ1v) is 13.2. The van der Waals surface area contributed by atoms with E-state index in [1.807, 2.05) is 41.0 Å². The zero-order valence-corrected chi connectivity index (χ0v) is 21.3.